The lowest BCUT2D eigenvalue weighted by Gasteiger charge is -2.21. The van der Waals surface area contributed by atoms with Gasteiger partial charge in [-0.2, -0.15) is 0 Å². The first kappa shape index (κ1) is 16.7. The van der Waals surface area contributed by atoms with Gasteiger partial charge in [-0.1, -0.05) is 0 Å². The Hall–Kier alpha value is -1.30. The number of nitrogens with one attached hydrogen (secondary N) is 1. The lowest BCUT2D eigenvalue weighted by atomic mass is 10.2. The van der Waals surface area contributed by atoms with Crippen LogP contribution in [0.25, 0.3) is 0 Å². The van der Waals surface area contributed by atoms with Crippen LogP contribution < -0.4 is 5.32 Å². The average Bonchev–Trinajstić information content (AvgIpc) is 2.13. The van der Waals surface area contributed by atoms with Crippen molar-refractivity contribution in [1.82, 2.24) is 10.2 Å². The highest BCUT2D eigenvalue weighted by Gasteiger charge is 2.21. The van der Waals surface area contributed by atoms with Gasteiger partial charge in [0.25, 0.3) is 0 Å². The molecule has 0 heterocycles. The van der Waals surface area contributed by atoms with E-state index in [4.69, 9.17) is 9.47 Å². The monoisotopic (exact) mass is 260 g/mol. The summed E-state index contributed by atoms with van der Waals surface area (Å²) in [4.78, 5) is 24.8. The van der Waals surface area contributed by atoms with E-state index >= 15 is 0 Å². The van der Waals surface area contributed by atoms with Crippen LogP contribution in [0, 0.1) is 0 Å². The van der Waals surface area contributed by atoms with Crippen LogP contribution >= 0.6 is 0 Å². The van der Waals surface area contributed by atoms with E-state index in [9.17, 15) is 9.59 Å². The molecule has 0 aliphatic rings. The summed E-state index contributed by atoms with van der Waals surface area (Å²) in [5, 5.41) is 2.43. The summed E-state index contributed by atoms with van der Waals surface area (Å²) >= 11 is 0. The molecular weight excluding hydrogens is 236 g/mol. The van der Waals surface area contributed by atoms with Gasteiger partial charge >= 0.3 is 12.1 Å². The maximum absolute atomic E-state index is 11.5. The molecule has 1 unspecified atom stereocenters. The average molecular weight is 260 g/mol. The van der Waals surface area contributed by atoms with E-state index in [1.807, 2.05) is 19.0 Å². The molecule has 0 aromatic rings. The van der Waals surface area contributed by atoms with E-state index in [2.05, 4.69) is 5.32 Å². The first-order valence-electron chi connectivity index (χ1n) is 5.92. The van der Waals surface area contributed by atoms with Crippen molar-refractivity contribution in [1.29, 1.82) is 0 Å². The lowest BCUT2D eigenvalue weighted by Crippen LogP contribution is -2.42. The minimum atomic E-state index is -0.720. The molecule has 1 amide bonds. The molecule has 0 fully saturated rings. The smallest absolute Gasteiger partial charge is 0.408 e. The molecular formula is C12H24N2O4. The highest BCUT2D eigenvalue weighted by Crippen LogP contribution is 2.06. The first-order chi connectivity index (χ1) is 8.11. The highest BCUT2D eigenvalue weighted by molar-refractivity contribution is 5.80. The Morgan fingerprint density at radius 1 is 1.28 bits per heavy atom. The second kappa shape index (κ2) is 7.20. The number of rotatable bonds is 5. The van der Waals surface area contributed by atoms with Crippen LogP contribution in [0.4, 0.5) is 4.79 Å². The number of esters is 1. The molecule has 1 atom stereocenters. The van der Waals surface area contributed by atoms with Crippen LogP contribution in [0.3, 0.4) is 0 Å². The van der Waals surface area contributed by atoms with Gasteiger partial charge in [0.1, 0.15) is 18.2 Å². The van der Waals surface area contributed by atoms with Gasteiger partial charge in [0.15, 0.2) is 0 Å². The Morgan fingerprint density at radius 2 is 1.83 bits per heavy atom. The fourth-order valence-corrected chi connectivity index (χ4v) is 0.997. The number of alkyl carbamates (subject to hydrolysis) is 1. The Bertz CT molecular complexity index is 284. The Labute approximate surface area is 109 Å². The van der Waals surface area contributed by atoms with Crippen LogP contribution in [0.15, 0.2) is 0 Å². The van der Waals surface area contributed by atoms with E-state index in [-0.39, 0.29) is 0 Å². The third-order valence-electron chi connectivity index (χ3n) is 1.87. The number of hydrogen-bond acceptors (Lipinski definition) is 5. The molecule has 0 radical (unpaired) electrons. The molecule has 0 rings (SSSR count). The van der Waals surface area contributed by atoms with Crippen molar-refractivity contribution in [3.05, 3.63) is 0 Å². The molecule has 0 aliphatic heterocycles. The van der Waals surface area contributed by atoms with Crippen molar-refractivity contribution in [3.8, 4) is 0 Å². The van der Waals surface area contributed by atoms with Gasteiger partial charge in [-0.3, -0.25) is 0 Å². The molecule has 6 nitrogen and oxygen atoms in total. The van der Waals surface area contributed by atoms with Crippen molar-refractivity contribution < 1.29 is 19.1 Å². The minimum absolute atomic E-state index is 0.298. The number of carbonyl (C=O) groups is 2. The zero-order chi connectivity index (χ0) is 14.3. The van der Waals surface area contributed by atoms with Crippen molar-refractivity contribution >= 4 is 12.1 Å². The Morgan fingerprint density at radius 3 is 2.28 bits per heavy atom. The third-order valence-corrected chi connectivity index (χ3v) is 1.87. The summed E-state index contributed by atoms with van der Waals surface area (Å²) in [6.07, 6.45) is -0.625. The van der Waals surface area contributed by atoms with Crippen LogP contribution in [-0.4, -0.2) is 55.9 Å². The van der Waals surface area contributed by atoms with Crippen molar-refractivity contribution in [2.45, 2.75) is 39.3 Å². The van der Waals surface area contributed by atoms with Crippen LogP contribution in [0.2, 0.25) is 0 Å². The van der Waals surface area contributed by atoms with Gasteiger partial charge in [-0.25, -0.2) is 9.59 Å². The van der Waals surface area contributed by atoms with E-state index in [1.54, 1.807) is 27.7 Å². The van der Waals surface area contributed by atoms with Gasteiger partial charge in [0.05, 0.1) is 0 Å². The fourth-order valence-electron chi connectivity index (χ4n) is 0.997. The fraction of sp³-hybridized carbons (Fsp3) is 0.833. The largest absolute Gasteiger partial charge is 0.463 e. The molecule has 106 valence electrons. The van der Waals surface area contributed by atoms with Gasteiger partial charge in [-0.15, -0.1) is 0 Å². The minimum Gasteiger partial charge on any atom is -0.463 e. The van der Waals surface area contributed by atoms with Crippen LogP contribution in [-0.2, 0) is 14.3 Å². The van der Waals surface area contributed by atoms with E-state index in [0.29, 0.717) is 13.2 Å². The second-order valence-corrected chi connectivity index (χ2v) is 5.34. The summed E-state index contributed by atoms with van der Waals surface area (Å²) in [5.41, 5.74) is -0.585. The number of carbonyl (C=O) groups excluding carboxylic acids is 2. The summed E-state index contributed by atoms with van der Waals surface area (Å²) < 4.78 is 10.0. The SMILES string of the molecule is CC(NC(=O)OC(C)(C)C)C(=O)OCCN(C)C. The summed E-state index contributed by atoms with van der Waals surface area (Å²) in [7, 11) is 3.77. The number of hydrogen-bond donors (Lipinski definition) is 1. The van der Waals surface area contributed by atoms with Crippen molar-refractivity contribution in [2.24, 2.45) is 0 Å². The maximum Gasteiger partial charge on any atom is 0.408 e. The predicted octanol–water partition coefficient (Wildman–Crippen LogP) is 1.00. The zero-order valence-corrected chi connectivity index (χ0v) is 12.1. The first-order valence-corrected chi connectivity index (χ1v) is 5.92. The summed E-state index contributed by atoms with van der Waals surface area (Å²) in [6.45, 7) is 7.77. The number of ether oxygens (including phenoxy) is 2. The lowest BCUT2D eigenvalue weighted by molar-refractivity contribution is -0.145. The molecule has 0 aromatic carbocycles. The van der Waals surface area contributed by atoms with Gasteiger partial charge in [0.2, 0.25) is 0 Å². The molecule has 0 aromatic heterocycles. The summed E-state index contributed by atoms with van der Waals surface area (Å²) in [6, 6.07) is -0.720. The molecule has 0 bridgehead atoms. The zero-order valence-electron chi connectivity index (χ0n) is 12.1. The molecule has 0 spiro atoms. The summed E-state index contributed by atoms with van der Waals surface area (Å²) in [5.74, 6) is -0.470. The molecule has 0 saturated heterocycles. The van der Waals surface area contributed by atoms with Gasteiger partial charge < -0.3 is 19.7 Å². The Kier molecular flexibility index (Phi) is 6.68. The van der Waals surface area contributed by atoms with Gasteiger partial charge in [0, 0.05) is 6.54 Å². The number of likely N-dealkylation sites (N-methyl/N-ethyl adjacent to an activating group) is 1. The predicted molar refractivity (Wildman–Crippen MR) is 68.3 cm³/mol. The number of amides is 1. The number of nitrogens with zero attached hydrogens (tertiary/aromatic N) is 1. The van der Waals surface area contributed by atoms with E-state index < -0.39 is 23.7 Å². The maximum atomic E-state index is 11.5. The van der Waals surface area contributed by atoms with Gasteiger partial charge in [-0.05, 0) is 41.8 Å². The topological polar surface area (TPSA) is 67.9 Å². The second-order valence-electron chi connectivity index (χ2n) is 5.34. The highest BCUT2D eigenvalue weighted by atomic mass is 16.6. The third kappa shape index (κ3) is 8.81. The van der Waals surface area contributed by atoms with Crippen LogP contribution in [0.5, 0.6) is 0 Å². The van der Waals surface area contributed by atoms with Crippen LogP contribution in [0.1, 0.15) is 27.7 Å². The normalized spacial score (nSPS) is 13.1. The molecule has 0 saturated carbocycles. The molecule has 6 heteroatoms. The molecule has 1 N–H and O–H groups in total. The van der Waals surface area contributed by atoms with E-state index in [0.717, 1.165) is 0 Å². The Balaban J connectivity index is 3.97. The standard InChI is InChI=1S/C12H24N2O4/c1-9(10(15)17-8-7-14(5)6)13-11(16)18-12(2,3)4/h9H,7-8H2,1-6H3,(H,13,16). The van der Waals surface area contributed by atoms with Crippen molar-refractivity contribution in [2.75, 3.05) is 27.2 Å². The van der Waals surface area contributed by atoms with Crippen molar-refractivity contribution in [3.63, 3.8) is 0 Å². The quantitative estimate of drug-likeness (QED) is 0.747. The van der Waals surface area contributed by atoms with E-state index in [1.165, 1.54) is 0 Å². The molecule has 0 aliphatic carbocycles. The molecule has 18 heavy (non-hydrogen) atoms.